The lowest BCUT2D eigenvalue weighted by Gasteiger charge is -2.27. The average molecular weight is 377 g/mol. The molecular weight excluding hydrogens is 357 g/mol. The lowest BCUT2D eigenvalue weighted by atomic mass is 9.93. The molecule has 0 aliphatic carbocycles. The normalized spacial score (nSPS) is 15.1. The summed E-state index contributed by atoms with van der Waals surface area (Å²) in [6, 6.07) is 2.66. The van der Waals surface area contributed by atoms with Gasteiger partial charge >= 0.3 is 13.8 Å². The fourth-order valence-corrected chi connectivity index (χ4v) is 2.18. The van der Waals surface area contributed by atoms with Crippen LogP contribution in [0.25, 0.3) is 0 Å². The summed E-state index contributed by atoms with van der Waals surface area (Å²) in [5, 5.41) is 19.1. The number of phenolic OH excluding ortho intramolecular Hbond substituents is 1. The van der Waals surface area contributed by atoms with E-state index in [2.05, 4.69) is 15.4 Å². The molecule has 8 N–H and O–H groups in total. The van der Waals surface area contributed by atoms with Gasteiger partial charge in [0, 0.05) is 6.42 Å². The van der Waals surface area contributed by atoms with Crippen LogP contribution in [0.3, 0.4) is 0 Å². The Balaban J connectivity index is 2.95. The number of hydrogen-bond donors (Lipinski definition) is 7. The highest BCUT2D eigenvalue weighted by molar-refractivity contribution is 7.46. The molecule has 1 unspecified atom stereocenters. The van der Waals surface area contributed by atoms with Crippen molar-refractivity contribution in [2.45, 2.75) is 31.8 Å². The predicted molar refractivity (Wildman–Crippen MR) is 85.5 cm³/mol. The molecule has 0 heterocycles. The molecule has 0 radical (unpaired) electrons. The van der Waals surface area contributed by atoms with Crippen molar-refractivity contribution in [1.82, 2.24) is 10.9 Å². The van der Waals surface area contributed by atoms with E-state index in [-0.39, 0.29) is 6.42 Å². The van der Waals surface area contributed by atoms with Crippen LogP contribution in [0.1, 0.15) is 19.4 Å². The molecule has 0 fully saturated rings. The van der Waals surface area contributed by atoms with Crippen molar-refractivity contribution >= 4 is 19.7 Å². The van der Waals surface area contributed by atoms with Crippen LogP contribution in [-0.4, -0.2) is 43.5 Å². The number of hydrogen-bond acceptors (Lipinski definition) is 7. The zero-order valence-corrected chi connectivity index (χ0v) is 14.4. The van der Waals surface area contributed by atoms with Gasteiger partial charge in [-0.15, -0.1) is 0 Å². The van der Waals surface area contributed by atoms with Gasteiger partial charge in [0.05, 0.1) is 6.04 Å². The van der Waals surface area contributed by atoms with Crippen LogP contribution in [0.2, 0.25) is 0 Å². The number of phenols is 1. The van der Waals surface area contributed by atoms with Gasteiger partial charge in [-0.1, -0.05) is 6.07 Å². The Morgan fingerprint density at radius 1 is 1.40 bits per heavy atom. The van der Waals surface area contributed by atoms with Gasteiger partial charge in [0.25, 0.3) is 5.91 Å². The van der Waals surface area contributed by atoms with Gasteiger partial charge in [-0.3, -0.25) is 24.8 Å². The van der Waals surface area contributed by atoms with Crippen molar-refractivity contribution in [3.8, 4) is 11.5 Å². The van der Waals surface area contributed by atoms with Gasteiger partial charge in [0.2, 0.25) is 0 Å². The van der Waals surface area contributed by atoms with Crippen molar-refractivity contribution in [2.24, 2.45) is 5.73 Å². The summed E-state index contributed by atoms with van der Waals surface area (Å²) in [5.74, 6) is -2.92. The lowest BCUT2D eigenvalue weighted by Crippen LogP contribution is -2.60. The Kier molecular flexibility index (Phi) is 6.52. The summed E-state index contributed by atoms with van der Waals surface area (Å²) >= 11 is 0. The third-order valence-electron chi connectivity index (χ3n) is 3.15. The fraction of sp³-hybridized carbons (Fsp3) is 0.385. The van der Waals surface area contributed by atoms with Crippen LogP contribution in [0.5, 0.6) is 11.5 Å². The monoisotopic (exact) mass is 377 g/mol. The largest absolute Gasteiger partial charge is 0.524 e. The molecule has 1 aromatic carbocycles. The molecule has 1 amide bonds. The number of nitrogens with one attached hydrogen (secondary N) is 2. The van der Waals surface area contributed by atoms with Gasteiger partial charge in [-0.2, -0.15) is 0 Å². The van der Waals surface area contributed by atoms with E-state index in [0.717, 1.165) is 12.1 Å². The van der Waals surface area contributed by atoms with Gasteiger partial charge in [0.1, 0.15) is 5.54 Å². The number of aliphatic carboxylic acids is 1. The molecule has 25 heavy (non-hydrogen) atoms. The Morgan fingerprint density at radius 3 is 2.44 bits per heavy atom. The molecule has 11 nitrogen and oxygen atoms in total. The van der Waals surface area contributed by atoms with Gasteiger partial charge in [-0.25, -0.2) is 9.99 Å². The van der Waals surface area contributed by atoms with E-state index in [1.54, 1.807) is 0 Å². The first-order chi connectivity index (χ1) is 11.3. The first-order valence-electron chi connectivity index (χ1n) is 6.97. The summed E-state index contributed by atoms with van der Waals surface area (Å²) in [7, 11) is -4.84. The minimum absolute atomic E-state index is 0.175. The molecule has 12 heteroatoms. The van der Waals surface area contributed by atoms with E-state index in [0.29, 0.717) is 5.56 Å². The highest BCUT2D eigenvalue weighted by Crippen LogP contribution is 2.41. The number of carbonyl (C=O) groups excluding carboxylic acids is 1. The number of phosphoric ester groups is 1. The molecule has 0 saturated heterocycles. The van der Waals surface area contributed by atoms with Crippen LogP contribution in [0, 0.1) is 0 Å². The maximum atomic E-state index is 11.5. The van der Waals surface area contributed by atoms with Crippen LogP contribution < -0.4 is 21.1 Å². The Bertz CT molecular complexity index is 705. The molecular formula is C13H20N3O8P. The van der Waals surface area contributed by atoms with Gasteiger partial charge in [0.15, 0.2) is 11.5 Å². The number of nitrogens with two attached hydrogens (primary N) is 1. The molecule has 140 valence electrons. The van der Waals surface area contributed by atoms with E-state index < -0.39 is 42.8 Å². The minimum atomic E-state index is -4.84. The summed E-state index contributed by atoms with van der Waals surface area (Å²) in [5.41, 5.74) is 8.62. The van der Waals surface area contributed by atoms with Crippen LogP contribution in [0.15, 0.2) is 18.2 Å². The van der Waals surface area contributed by atoms with Crippen LogP contribution >= 0.6 is 7.82 Å². The molecule has 1 rings (SSSR count). The number of carboxylic acids is 1. The van der Waals surface area contributed by atoms with E-state index in [1.165, 1.54) is 19.9 Å². The first-order valence-corrected chi connectivity index (χ1v) is 8.50. The number of aromatic hydroxyl groups is 1. The average Bonchev–Trinajstić information content (AvgIpc) is 2.46. The minimum Gasteiger partial charge on any atom is -0.504 e. The molecule has 0 aromatic heterocycles. The van der Waals surface area contributed by atoms with Crippen molar-refractivity contribution in [2.75, 3.05) is 0 Å². The van der Waals surface area contributed by atoms with E-state index >= 15 is 0 Å². The second-order valence-electron chi connectivity index (χ2n) is 5.60. The van der Waals surface area contributed by atoms with Gasteiger partial charge < -0.3 is 20.5 Å². The second-order valence-corrected chi connectivity index (χ2v) is 6.76. The first kappa shape index (κ1) is 20.9. The third-order valence-corrected chi connectivity index (χ3v) is 3.58. The zero-order chi connectivity index (χ0) is 19.4. The number of benzene rings is 1. The smallest absolute Gasteiger partial charge is 0.504 e. The maximum absolute atomic E-state index is 11.5. The topological polar surface area (TPSA) is 191 Å². The highest BCUT2D eigenvalue weighted by Gasteiger charge is 2.34. The van der Waals surface area contributed by atoms with Crippen LogP contribution in [-0.2, 0) is 20.6 Å². The quantitative estimate of drug-likeness (QED) is 0.223. The Hall–Kier alpha value is -2.17. The van der Waals surface area contributed by atoms with Gasteiger partial charge in [-0.05, 0) is 31.5 Å². The van der Waals surface area contributed by atoms with Crippen molar-refractivity contribution < 1.29 is 38.7 Å². The number of hydrazine groups is 1. The molecule has 0 aliphatic rings. The number of phosphoric acid groups is 1. The predicted octanol–water partition coefficient (Wildman–Crippen LogP) is -0.782. The van der Waals surface area contributed by atoms with Crippen molar-refractivity contribution in [3.63, 3.8) is 0 Å². The van der Waals surface area contributed by atoms with Crippen molar-refractivity contribution in [1.29, 1.82) is 0 Å². The lowest BCUT2D eigenvalue weighted by molar-refractivity contribution is -0.145. The summed E-state index contributed by atoms with van der Waals surface area (Å²) in [6.45, 7) is 2.72. The molecule has 1 aromatic rings. The van der Waals surface area contributed by atoms with Crippen molar-refractivity contribution in [3.05, 3.63) is 23.8 Å². The third kappa shape index (κ3) is 6.33. The van der Waals surface area contributed by atoms with E-state index in [9.17, 15) is 24.4 Å². The number of carbonyl (C=O) groups is 2. The second kappa shape index (κ2) is 7.81. The zero-order valence-electron chi connectivity index (χ0n) is 13.5. The SMILES string of the molecule is C[C@H](N)C(=O)NNC(C)(Cc1ccc(OP(=O)(O)O)c(O)c1)C(=O)O. The summed E-state index contributed by atoms with van der Waals surface area (Å²) in [4.78, 5) is 40.4. The molecule has 0 aliphatic heterocycles. The standard InChI is InChI=1S/C13H20N3O8P/c1-7(14)11(18)15-16-13(2,12(19)20)6-8-3-4-10(9(17)5-8)24-25(21,22)23/h3-5,7,16-17H,6,14H2,1-2H3,(H,15,18)(H,19,20)(H2,21,22,23)/t7-,13?/m0/s1. The number of amides is 1. The molecule has 0 bridgehead atoms. The molecule has 2 atom stereocenters. The molecule has 0 spiro atoms. The Labute approximate surface area is 143 Å². The summed E-state index contributed by atoms with van der Waals surface area (Å²) < 4.78 is 15.1. The highest BCUT2D eigenvalue weighted by atomic mass is 31.2. The van der Waals surface area contributed by atoms with E-state index in [1.807, 2.05) is 0 Å². The fourth-order valence-electron chi connectivity index (χ4n) is 1.77. The Morgan fingerprint density at radius 2 is 2.00 bits per heavy atom. The molecule has 0 saturated carbocycles. The van der Waals surface area contributed by atoms with Crippen LogP contribution in [0.4, 0.5) is 0 Å². The van der Waals surface area contributed by atoms with E-state index in [4.69, 9.17) is 15.5 Å². The summed E-state index contributed by atoms with van der Waals surface area (Å²) in [6.07, 6.45) is -0.175. The number of carboxylic acid groups (broad SMARTS) is 1. The number of rotatable bonds is 8. The maximum Gasteiger partial charge on any atom is 0.524 e.